The molecule has 1 N–H and O–H groups in total. The first-order chi connectivity index (χ1) is 11.7. The van der Waals surface area contributed by atoms with Crippen LogP contribution in [0, 0.1) is 6.92 Å². The van der Waals surface area contributed by atoms with E-state index in [1.807, 2.05) is 67.6 Å². The average Bonchev–Trinajstić information content (AvgIpc) is 2.94. The molecule has 0 spiro atoms. The van der Waals surface area contributed by atoms with Crippen LogP contribution < -0.4 is 10.1 Å². The van der Waals surface area contributed by atoms with Crippen LogP contribution >= 0.6 is 11.3 Å². The fourth-order valence-electron chi connectivity index (χ4n) is 2.25. The SMILES string of the molecule is Cc1nc(COc2ccccc2)sc1CC(=O)Nc1ccccc1. The second kappa shape index (κ2) is 7.75. The average molecular weight is 338 g/mol. The number of hydrogen-bond acceptors (Lipinski definition) is 4. The van der Waals surface area contributed by atoms with Gasteiger partial charge in [-0.1, -0.05) is 36.4 Å². The fraction of sp³-hybridized carbons (Fsp3) is 0.158. The minimum atomic E-state index is -0.0384. The van der Waals surface area contributed by atoms with Crippen LogP contribution in [0.1, 0.15) is 15.6 Å². The molecule has 0 aliphatic heterocycles. The summed E-state index contributed by atoms with van der Waals surface area (Å²) in [6, 6.07) is 19.1. The number of ether oxygens (including phenoxy) is 1. The van der Waals surface area contributed by atoms with E-state index in [4.69, 9.17) is 4.74 Å². The Morgan fingerprint density at radius 1 is 1.08 bits per heavy atom. The van der Waals surface area contributed by atoms with Gasteiger partial charge in [-0.05, 0) is 31.2 Å². The van der Waals surface area contributed by atoms with Crippen LogP contribution in [-0.4, -0.2) is 10.9 Å². The Morgan fingerprint density at radius 2 is 1.75 bits per heavy atom. The number of amides is 1. The van der Waals surface area contributed by atoms with Crippen molar-refractivity contribution in [3.8, 4) is 5.75 Å². The van der Waals surface area contributed by atoms with E-state index in [1.54, 1.807) is 0 Å². The van der Waals surface area contributed by atoms with Crippen LogP contribution in [0.5, 0.6) is 5.75 Å². The zero-order chi connectivity index (χ0) is 16.8. The third kappa shape index (κ3) is 4.43. The van der Waals surface area contributed by atoms with Crippen LogP contribution in [0.4, 0.5) is 5.69 Å². The minimum Gasteiger partial charge on any atom is -0.486 e. The van der Waals surface area contributed by atoms with E-state index in [0.717, 1.165) is 27.0 Å². The lowest BCUT2D eigenvalue weighted by molar-refractivity contribution is -0.115. The maximum Gasteiger partial charge on any atom is 0.229 e. The number of carbonyl (C=O) groups is 1. The van der Waals surface area contributed by atoms with E-state index >= 15 is 0 Å². The van der Waals surface area contributed by atoms with Crippen LogP contribution in [0.2, 0.25) is 0 Å². The second-order valence-corrected chi connectivity index (χ2v) is 6.48. The normalized spacial score (nSPS) is 10.4. The van der Waals surface area contributed by atoms with Crippen molar-refractivity contribution < 1.29 is 9.53 Å². The number of nitrogens with one attached hydrogen (secondary N) is 1. The van der Waals surface area contributed by atoms with Crippen molar-refractivity contribution in [1.29, 1.82) is 0 Å². The Balaban J connectivity index is 1.58. The number of rotatable bonds is 6. The summed E-state index contributed by atoms with van der Waals surface area (Å²) >= 11 is 1.52. The van der Waals surface area contributed by atoms with Crippen LogP contribution in [0.25, 0.3) is 0 Å². The molecule has 0 aliphatic carbocycles. The zero-order valence-corrected chi connectivity index (χ0v) is 14.2. The van der Waals surface area contributed by atoms with Crippen molar-refractivity contribution in [3.05, 3.63) is 76.2 Å². The number of para-hydroxylation sites is 2. The van der Waals surface area contributed by atoms with Gasteiger partial charge in [0.15, 0.2) is 0 Å². The van der Waals surface area contributed by atoms with Crippen molar-refractivity contribution in [2.24, 2.45) is 0 Å². The molecule has 4 nitrogen and oxygen atoms in total. The molecule has 0 unspecified atom stereocenters. The highest BCUT2D eigenvalue weighted by atomic mass is 32.1. The van der Waals surface area contributed by atoms with E-state index in [-0.39, 0.29) is 5.91 Å². The third-order valence-electron chi connectivity index (χ3n) is 3.42. The summed E-state index contributed by atoms with van der Waals surface area (Å²) in [4.78, 5) is 17.6. The first kappa shape index (κ1) is 16.2. The molecule has 0 atom stereocenters. The summed E-state index contributed by atoms with van der Waals surface area (Å²) in [7, 11) is 0. The highest BCUT2D eigenvalue weighted by Gasteiger charge is 2.12. The van der Waals surface area contributed by atoms with E-state index in [1.165, 1.54) is 11.3 Å². The molecule has 3 aromatic rings. The van der Waals surface area contributed by atoms with Gasteiger partial charge in [0.1, 0.15) is 17.4 Å². The van der Waals surface area contributed by atoms with Gasteiger partial charge in [0, 0.05) is 10.6 Å². The highest BCUT2D eigenvalue weighted by molar-refractivity contribution is 7.11. The molecule has 3 rings (SSSR count). The van der Waals surface area contributed by atoms with Gasteiger partial charge >= 0.3 is 0 Å². The second-order valence-electron chi connectivity index (χ2n) is 5.31. The fourth-order valence-corrected chi connectivity index (χ4v) is 3.23. The van der Waals surface area contributed by atoms with Crippen molar-refractivity contribution >= 4 is 22.9 Å². The molecule has 24 heavy (non-hydrogen) atoms. The molecule has 0 saturated heterocycles. The van der Waals surface area contributed by atoms with Crippen molar-refractivity contribution in [1.82, 2.24) is 4.98 Å². The van der Waals surface area contributed by atoms with Crippen LogP contribution in [0.3, 0.4) is 0 Å². The van der Waals surface area contributed by atoms with Gasteiger partial charge in [0.2, 0.25) is 5.91 Å². The zero-order valence-electron chi connectivity index (χ0n) is 13.4. The number of aromatic nitrogens is 1. The number of hydrogen-bond donors (Lipinski definition) is 1. The largest absolute Gasteiger partial charge is 0.486 e. The lowest BCUT2D eigenvalue weighted by Gasteiger charge is -2.04. The number of benzene rings is 2. The predicted molar refractivity (Wildman–Crippen MR) is 96.4 cm³/mol. The van der Waals surface area contributed by atoms with Gasteiger partial charge in [0.05, 0.1) is 12.1 Å². The van der Waals surface area contributed by atoms with E-state index in [0.29, 0.717) is 13.0 Å². The molecule has 0 radical (unpaired) electrons. The smallest absolute Gasteiger partial charge is 0.229 e. The Kier molecular flexibility index (Phi) is 5.23. The van der Waals surface area contributed by atoms with Gasteiger partial charge in [-0.2, -0.15) is 0 Å². The molecule has 1 amide bonds. The third-order valence-corrected chi connectivity index (χ3v) is 4.55. The molecule has 122 valence electrons. The number of thiazole rings is 1. The number of nitrogens with zero attached hydrogens (tertiary/aromatic N) is 1. The van der Waals surface area contributed by atoms with E-state index in [9.17, 15) is 4.79 Å². The predicted octanol–water partition coefficient (Wildman–Crippen LogP) is 4.21. The highest BCUT2D eigenvalue weighted by Crippen LogP contribution is 2.21. The molecule has 0 bridgehead atoms. The van der Waals surface area contributed by atoms with Gasteiger partial charge in [-0.15, -0.1) is 11.3 Å². The standard InChI is InChI=1S/C19H18N2O2S/c1-14-17(12-18(22)21-15-8-4-2-5-9-15)24-19(20-14)13-23-16-10-6-3-7-11-16/h2-11H,12-13H2,1H3,(H,21,22). The summed E-state index contributed by atoms with van der Waals surface area (Å²) in [5.41, 5.74) is 1.69. The summed E-state index contributed by atoms with van der Waals surface area (Å²) < 4.78 is 5.71. The van der Waals surface area contributed by atoms with Crippen molar-refractivity contribution in [2.45, 2.75) is 20.0 Å². The summed E-state index contributed by atoms with van der Waals surface area (Å²) in [6.45, 7) is 2.34. The Morgan fingerprint density at radius 3 is 2.46 bits per heavy atom. The Bertz CT molecular complexity index is 801. The maximum atomic E-state index is 12.2. The molecule has 5 heteroatoms. The van der Waals surface area contributed by atoms with Crippen molar-refractivity contribution in [3.63, 3.8) is 0 Å². The lowest BCUT2D eigenvalue weighted by atomic mass is 10.2. The first-order valence-corrected chi connectivity index (χ1v) is 8.50. The summed E-state index contributed by atoms with van der Waals surface area (Å²) in [5, 5.41) is 3.77. The first-order valence-electron chi connectivity index (χ1n) is 7.68. The quantitative estimate of drug-likeness (QED) is 0.732. The van der Waals surface area contributed by atoms with Gasteiger partial charge < -0.3 is 10.1 Å². The number of aryl methyl sites for hydroxylation is 1. The Labute approximate surface area is 145 Å². The maximum absolute atomic E-state index is 12.2. The minimum absolute atomic E-state index is 0.0384. The van der Waals surface area contributed by atoms with E-state index in [2.05, 4.69) is 10.3 Å². The topological polar surface area (TPSA) is 51.2 Å². The number of anilines is 1. The summed E-state index contributed by atoms with van der Waals surface area (Å²) in [6.07, 6.45) is 0.323. The van der Waals surface area contributed by atoms with E-state index < -0.39 is 0 Å². The van der Waals surface area contributed by atoms with Gasteiger partial charge in [-0.25, -0.2) is 4.98 Å². The molecule has 0 fully saturated rings. The van der Waals surface area contributed by atoms with Crippen LogP contribution in [-0.2, 0) is 17.8 Å². The molecule has 1 heterocycles. The molecule has 0 aliphatic rings. The molecule has 2 aromatic carbocycles. The monoisotopic (exact) mass is 338 g/mol. The van der Waals surface area contributed by atoms with Gasteiger partial charge in [-0.3, -0.25) is 4.79 Å². The van der Waals surface area contributed by atoms with Crippen molar-refractivity contribution in [2.75, 3.05) is 5.32 Å². The molecule has 1 aromatic heterocycles. The lowest BCUT2D eigenvalue weighted by Crippen LogP contribution is -2.14. The molecule has 0 saturated carbocycles. The molecular formula is C19H18N2O2S. The van der Waals surface area contributed by atoms with Gasteiger partial charge in [0.25, 0.3) is 0 Å². The van der Waals surface area contributed by atoms with Crippen LogP contribution in [0.15, 0.2) is 60.7 Å². The molecular weight excluding hydrogens is 320 g/mol. The Hall–Kier alpha value is -2.66. The number of carbonyl (C=O) groups excluding carboxylic acids is 1. The summed E-state index contributed by atoms with van der Waals surface area (Å²) in [5.74, 6) is 0.775.